The van der Waals surface area contributed by atoms with Crippen LogP contribution in [0.25, 0.3) is 0 Å². The summed E-state index contributed by atoms with van der Waals surface area (Å²) >= 11 is 0. The molecule has 0 unspecified atom stereocenters. The smallest absolute Gasteiger partial charge is 0.309 e. The van der Waals surface area contributed by atoms with E-state index in [0.717, 1.165) is 12.8 Å². The summed E-state index contributed by atoms with van der Waals surface area (Å²) < 4.78 is 12.1. The van der Waals surface area contributed by atoms with Crippen LogP contribution in [0.2, 0.25) is 0 Å². The zero-order chi connectivity index (χ0) is 12.7. The minimum Gasteiger partial charge on any atom is -0.461 e. The highest BCUT2D eigenvalue weighted by Gasteiger charge is 2.70. The van der Waals surface area contributed by atoms with E-state index < -0.39 is 0 Å². The van der Waals surface area contributed by atoms with E-state index in [4.69, 9.17) is 9.47 Å². The molecule has 0 aromatic carbocycles. The van der Waals surface area contributed by atoms with Crippen molar-refractivity contribution in [3.05, 3.63) is 0 Å². The van der Waals surface area contributed by atoms with E-state index in [1.807, 2.05) is 6.92 Å². The molecular weight excluding hydrogens is 228 g/mol. The third kappa shape index (κ3) is 1.08. The van der Waals surface area contributed by atoms with Crippen LogP contribution in [0.5, 0.6) is 0 Å². The molecular formula is C15H22O3. The number of carbonyl (C=O) groups is 1. The van der Waals surface area contributed by atoms with E-state index >= 15 is 0 Å². The zero-order valence-corrected chi connectivity index (χ0v) is 11.4. The molecule has 2 bridgehead atoms. The quantitative estimate of drug-likeness (QED) is 0.620. The maximum Gasteiger partial charge on any atom is 0.309 e. The molecule has 1 saturated carbocycles. The third-order valence-electron chi connectivity index (χ3n) is 6.45. The van der Waals surface area contributed by atoms with Gasteiger partial charge in [0.05, 0.1) is 17.6 Å². The Morgan fingerprint density at radius 3 is 2.78 bits per heavy atom. The SMILES string of the molecule is C[C@H]1C(=O)O[C@H]2[C@H]1CC[C@]1(C)[C@@H]2[C@]2(C)CC[C@H]1O2. The van der Waals surface area contributed by atoms with Gasteiger partial charge in [0.25, 0.3) is 0 Å². The summed E-state index contributed by atoms with van der Waals surface area (Å²) in [5.74, 6) is 0.939. The molecule has 7 atom stereocenters. The number of rotatable bonds is 0. The average molecular weight is 250 g/mol. The summed E-state index contributed by atoms with van der Waals surface area (Å²) in [6.45, 7) is 6.63. The predicted molar refractivity (Wildman–Crippen MR) is 65.9 cm³/mol. The molecule has 18 heavy (non-hydrogen) atoms. The molecule has 0 N–H and O–H groups in total. The van der Waals surface area contributed by atoms with E-state index in [1.54, 1.807) is 0 Å². The molecule has 3 heteroatoms. The number of hydrogen-bond acceptors (Lipinski definition) is 3. The lowest BCUT2D eigenvalue weighted by atomic mass is 9.53. The van der Waals surface area contributed by atoms with Gasteiger partial charge in [-0.25, -0.2) is 0 Å². The zero-order valence-electron chi connectivity index (χ0n) is 11.4. The van der Waals surface area contributed by atoms with Gasteiger partial charge in [-0.15, -0.1) is 0 Å². The van der Waals surface area contributed by atoms with E-state index in [-0.39, 0.29) is 29.0 Å². The molecule has 3 nitrogen and oxygen atoms in total. The lowest BCUT2D eigenvalue weighted by Gasteiger charge is -2.49. The van der Waals surface area contributed by atoms with E-state index in [0.29, 0.717) is 17.9 Å². The van der Waals surface area contributed by atoms with E-state index in [2.05, 4.69) is 13.8 Å². The highest BCUT2D eigenvalue weighted by atomic mass is 16.6. The molecule has 0 radical (unpaired) electrons. The van der Waals surface area contributed by atoms with Gasteiger partial charge in [-0.2, -0.15) is 0 Å². The Bertz CT molecular complexity index is 420. The van der Waals surface area contributed by atoms with Gasteiger partial charge in [-0.05, 0) is 32.6 Å². The van der Waals surface area contributed by atoms with Crippen LogP contribution in [0.1, 0.15) is 46.5 Å². The van der Waals surface area contributed by atoms with Gasteiger partial charge in [0.15, 0.2) is 0 Å². The van der Waals surface area contributed by atoms with Crippen molar-refractivity contribution in [2.45, 2.75) is 64.3 Å². The second-order valence-corrected chi connectivity index (χ2v) is 7.33. The van der Waals surface area contributed by atoms with Gasteiger partial charge in [0, 0.05) is 17.3 Å². The first-order valence-electron chi connectivity index (χ1n) is 7.34. The predicted octanol–water partition coefficient (Wildman–Crippen LogP) is 2.53. The van der Waals surface area contributed by atoms with Gasteiger partial charge < -0.3 is 9.47 Å². The molecule has 3 heterocycles. The maximum absolute atomic E-state index is 11.9. The van der Waals surface area contributed by atoms with Crippen LogP contribution in [0.3, 0.4) is 0 Å². The minimum absolute atomic E-state index is 0.0145. The van der Waals surface area contributed by atoms with Crippen LogP contribution in [-0.4, -0.2) is 23.8 Å². The van der Waals surface area contributed by atoms with Crippen molar-refractivity contribution >= 4 is 5.97 Å². The van der Waals surface area contributed by atoms with Crippen LogP contribution >= 0.6 is 0 Å². The summed E-state index contributed by atoms with van der Waals surface area (Å²) in [4.78, 5) is 11.9. The molecule has 4 rings (SSSR count). The van der Waals surface area contributed by atoms with Crippen molar-refractivity contribution in [3.63, 3.8) is 0 Å². The number of hydrogen-bond donors (Lipinski definition) is 0. The summed E-state index contributed by atoms with van der Waals surface area (Å²) in [5, 5.41) is 0. The Kier molecular flexibility index (Phi) is 1.95. The standard InChI is InChI=1S/C15H22O3/c1-8-9-4-6-14(2)10-5-7-15(3,18-10)12(14)11(9)17-13(8)16/h8-12H,4-7H2,1-3H3/t8-,9+,10-,11+,12-,14+,15+/m1/s1. The first-order valence-corrected chi connectivity index (χ1v) is 7.34. The number of ether oxygens (including phenoxy) is 2. The Morgan fingerprint density at radius 1 is 1.22 bits per heavy atom. The summed E-state index contributed by atoms with van der Waals surface area (Å²) in [6.07, 6.45) is 5.14. The Labute approximate surface area is 108 Å². The molecule has 100 valence electrons. The highest BCUT2D eigenvalue weighted by Crippen LogP contribution is 2.66. The molecule has 0 spiro atoms. The second kappa shape index (κ2) is 3.12. The molecule has 4 aliphatic rings. The molecule has 0 amide bonds. The normalized spacial score (nSPS) is 61.5. The van der Waals surface area contributed by atoms with Crippen LogP contribution < -0.4 is 0 Å². The van der Waals surface area contributed by atoms with Crippen LogP contribution in [-0.2, 0) is 14.3 Å². The molecule has 0 aromatic heterocycles. The second-order valence-electron chi connectivity index (χ2n) is 7.33. The number of esters is 1. The lowest BCUT2D eigenvalue weighted by molar-refractivity contribution is -0.151. The first kappa shape index (κ1) is 11.3. The van der Waals surface area contributed by atoms with Gasteiger partial charge in [-0.1, -0.05) is 13.8 Å². The van der Waals surface area contributed by atoms with Crippen molar-refractivity contribution in [2.24, 2.45) is 23.2 Å². The Hall–Kier alpha value is -0.570. The molecule has 1 aliphatic carbocycles. The summed E-state index contributed by atoms with van der Waals surface area (Å²) in [6, 6.07) is 0. The van der Waals surface area contributed by atoms with Crippen molar-refractivity contribution in [1.82, 2.24) is 0 Å². The monoisotopic (exact) mass is 250 g/mol. The Balaban J connectivity index is 1.77. The molecule has 0 aromatic rings. The van der Waals surface area contributed by atoms with Crippen molar-refractivity contribution < 1.29 is 14.3 Å². The summed E-state index contributed by atoms with van der Waals surface area (Å²) in [7, 11) is 0. The average Bonchev–Trinajstić information content (AvgIpc) is 2.89. The van der Waals surface area contributed by atoms with Gasteiger partial charge in [0.1, 0.15) is 6.10 Å². The van der Waals surface area contributed by atoms with Gasteiger partial charge in [-0.3, -0.25) is 4.79 Å². The summed E-state index contributed by atoms with van der Waals surface area (Å²) in [5.41, 5.74) is 0.186. The number of fused-ring (bicyclic) bond motifs is 7. The topological polar surface area (TPSA) is 35.5 Å². The highest BCUT2D eigenvalue weighted by molar-refractivity contribution is 5.75. The maximum atomic E-state index is 11.9. The fourth-order valence-corrected chi connectivity index (χ4v) is 5.49. The largest absolute Gasteiger partial charge is 0.461 e. The van der Waals surface area contributed by atoms with Crippen molar-refractivity contribution in [3.8, 4) is 0 Å². The number of carbonyl (C=O) groups excluding carboxylic acids is 1. The van der Waals surface area contributed by atoms with Gasteiger partial charge >= 0.3 is 5.97 Å². The van der Waals surface area contributed by atoms with Crippen LogP contribution in [0.4, 0.5) is 0 Å². The fraction of sp³-hybridized carbons (Fsp3) is 0.933. The van der Waals surface area contributed by atoms with Gasteiger partial charge in [0.2, 0.25) is 0 Å². The van der Waals surface area contributed by atoms with Crippen LogP contribution in [0, 0.1) is 23.2 Å². The van der Waals surface area contributed by atoms with E-state index in [9.17, 15) is 4.79 Å². The Morgan fingerprint density at radius 2 is 2.00 bits per heavy atom. The third-order valence-corrected chi connectivity index (χ3v) is 6.45. The minimum atomic E-state index is -0.0485. The first-order chi connectivity index (χ1) is 8.46. The van der Waals surface area contributed by atoms with E-state index in [1.165, 1.54) is 12.8 Å². The van der Waals surface area contributed by atoms with Crippen molar-refractivity contribution in [2.75, 3.05) is 0 Å². The van der Waals surface area contributed by atoms with Crippen molar-refractivity contribution in [1.29, 1.82) is 0 Å². The lowest BCUT2D eigenvalue weighted by Crippen LogP contribution is -2.53. The van der Waals surface area contributed by atoms with Crippen LogP contribution in [0.15, 0.2) is 0 Å². The fourth-order valence-electron chi connectivity index (χ4n) is 5.49. The molecule has 3 saturated heterocycles. The molecule has 4 fully saturated rings. The molecule has 3 aliphatic heterocycles.